The molecule has 1 heterocycles. The molecular weight excluding hydrogens is 304 g/mol. The van der Waals surface area contributed by atoms with Crippen molar-refractivity contribution in [2.75, 3.05) is 19.6 Å². The zero-order valence-electron chi connectivity index (χ0n) is 15.0. The highest BCUT2D eigenvalue weighted by Gasteiger charge is 2.46. The van der Waals surface area contributed by atoms with Gasteiger partial charge in [-0.3, -0.25) is 4.90 Å². The summed E-state index contributed by atoms with van der Waals surface area (Å²) in [5.41, 5.74) is 5.17. The first-order chi connectivity index (χ1) is 12.3. The fraction of sp³-hybridized carbons (Fsp3) is 0.478. The Morgan fingerprint density at radius 1 is 0.960 bits per heavy atom. The van der Waals surface area contributed by atoms with Crippen molar-refractivity contribution in [3.63, 3.8) is 0 Å². The van der Waals surface area contributed by atoms with Crippen molar-refractivity contribution >= 4 is 0 Å². The smallest absolute Gasteiger partial charge is 0.0236 e. The van der Waals surface area contributed by atoms with Crippen LogP contribution in [0.25, 0.3) is 0 Å². The molecule has 2 nitrogen and oxygen atoms in total. The molecule has 1 N–H and O–H groups in total. The third-order valence-electron chi connectivity index (χ3n) is 6.48. The van der Waals surface area contributed by atoms with E-state index in [4.69, 9.17) is 0 Å². The molecule has 0 radical (unpaired) electrons. The van der Waals surface area contributed by atoms with Gasteiger partial charge in [-0.25, -0.2) is 0 Å². The molecule has 2 aromatic rings. The van der Waals surface area contributed by atoms with Gasteiger partial charge in [0.15, 0.2) is 0 Å². The first-order valence-electron chi connectivity index (χ1n) is 9.89. The lowest BCUT2D eigenvalue weighted by Gasteiger charge is -2.32. The minimum Gasteiger partial charge on any atom is -0.313 e. The van der Waals surface area contributed by atoms with E-state index in [-0.39, 0.29) is 0 Å². The molecule has 0 aromatic heterocycles. The summed E-state index contributed by atoms with van der Waals surface area (Å²) in [7, 11) is 0. The fourth-order valence-electron chi connectivity index (χ4n) is 4.57. The molecular formula is C23H28N2. The molecule has 3 aliphatic rings. The van der Waals surface area contributed by atoms with Gasteiger partial charge in [-0.15, -0.1) is 0 Å². The lowest BCUT2D eigenvalue weighted by atomic mass is 9.98. The van der Waals surface area contributed by atoms with E-state index in [1.165, 1.54) is 50.9 Å². The van der Waals surface area contributed by atoms with E-state index >= 15 is 0 Å². The summed E-state index contributed by atoms with van der Waals surface area (Å²) in [6.45, 7) is 4.86. The number of hydrogen-bond acceptors (Lipinski definition) is 2. The van der Waals surface area contributed by atoms with Crippen molar-refractivity contribution in [3.8, 4) is 0 Å². The highest BCUT2D eigenvalue weighted by molar-refractivity contribution is 5.29. The molecule has 2 aliphatic carbocycles. The van der Waals surface area contributed by atoms with Crippen LogP contribution in [0.1, 0.15) is 41.9 Å². The lowest BCUT2D eigenvalue weighted by molar-refractivity contribution is 0.199. The second-order valence-corrected chi connectivity index (χ2v) is 8.47. The Bertz CT molecular complexity index is 735. The summed E-state index contributed by atoms with van der Waals surface area (Å²) in [6.07, 6.45) is 5.34. The van der Waals surface area contributed by atoms with Crippen LogP contribution in [-0.4, -0.2) is 30.6 Å². The number of benzene rings is 2. The number of nitrogens with one attached hydrogen (secondary N) is 1. The zero-order valence-corrected chi connectivity index (χ0v) is 15.0. The van der Waals surface area contributed by atoms with Crippen LogP contribution in [0.3, 0.4) is 0 Å². The van der Waals surface area contributed by atoms with E-state index in [0.717, 1.165) is 12.5 Å². The van der Waals surface area contributed by atoms with E-state index in [1.54, 1.807) is 11.1 Å². The summed E-state index contributed by atoms with van der Waals surface area (Å²) in [5.74, 6) is 0.749. The Morgan fingerprint density at radius 3 is 2.52 bits per heavy atom. The summed E-state index contributed by atoms with van der Waals surface area (Å²) >= 11 is 0. The van der Waals surface area contributed by atoms with Crippen molar-refractivity contribution in [2.45, 2.75) is 44.2 Å². The van der Waals surface area contributed by atoms with E-state index in [2.05, 4.69) is 64.8 Å². The van der Waals surface area contributed by atoms with Crippen LogP contribution in [0.5, 0.6) is 0 Å². The van der Waals surface area contributed by atoms with Crippen LogP contribution in [-0.2, 0) is 13.0 Å². The Balaban J connectivity index is 1.14. The Hall–Kier alpha value is -1.64. The van der Waals surface area contributed by atoms with Gasteiger partial charge < -0.3 is 5.32 Å². The summed E-state index contributed by atoms with van der Waals surface area (Å²) < 4.78 is 0. The predicted molar refractivity (Wildman–Crippen MR) is 103 cm³/mol. The Kier molecular flexibility index (Phi) is 3.91. The summed E-state index contributed by atoms with van der Waals surface area (Å²) in [4.78, 5) is 2.69. The number of rotatable bonds is 6. The number of nitrogens with zero attached hydrogens (tertiary/aromatic N) is 1. The Labute approximate surface area is 151 Å². The maximum Gasteiger partial charge on any atom is 0.0236 e. The van der Waals surface area contributed by atoms with Gasteiger partial charge in [0.2, 0.25) is 0 Å². The quantitative estimate of drug-likeness (QED) is 0.861. The molecule has 130 valence electrons. The van der Waals surface area contributed by atoms with Crippen molar-refractivity contribution in [3.05, 3.63) is 71.3 Å². The molecule has 0 amide bonds. The van der Waals surface area contributed by atoms with Crippen LogP contribution in [0.4, 0.5) is 0 Å². The van der Waals surface area contributed by atoms with Gasteiger partial charge in [0, 0.05) is 38.1 Å². The summed E-state index contributed by atoms with van der Waals surface area (Å²) in [6, 6.07) is 20.7. The third kappa shape index (κ3) is 3.38. The van der Waals surface area contributed by atoms with Crippen molar-refractivity contribution in [1.29, 1.82) is 0 Å². The van der Waals surface area contributed by atoms with Gasteiger partial charge in [0.1, 0.15) is 0 Å². The first-order valence-corrected chi connectivity index (χ1v) is 9.89. The first kappa shape index (κ1) is 15.6. The van der Waals surface area contributed by atoms with E-state index < -0.39 is 0 Å². The minimum absolute atomic E-state index is 0.552. The van der Waals surface area contributed by atoms with E-state index in [0.29, 0.717) is 11.5 Å². The highest BCUT2D eigenvalue weighted by atomic mass is 15.1. The standard InChI is InChI=1S/C23H28N2/c1-2-7-19(8-3-1)21-14-22(21)24-16-23(11-12-23)17-25-13-10-18-6-4-5-9-20(18)15-25/h1-9,21-22,24H,10-17H2/t21?,22-/m0/s1. The molecule has 2 atom stereocenters. The molecule has 2 saturated carbocycles. The molecule has 2 heteroatoms. The highest BCUT2D eigenvalue weighted by Crippen LogP contribution is 2.48. The van der Waals surface area contributed by atoms with Gasteiger partial charge in [-0.1, -0.05) is 54.6 Å². The Morgan fingerprint density at radius 2 is 1.72 bits per heavy atom. The second kappa shape index (κ2) is 6.26. The van der Waals surface area contributed by atoms with Crippen LogP contribution in [0.2, 0.25) is 0 Å². The fourth-order valence-corrected chi connectivity index (χ4v) is 4.57. The SMILES string of the molecule is c1ccc(C2C[C@@H]2NCC2(CN3CCc4ccccc4C3)CC2)cc1. The van der Waals surface area contributed by atoms with Crippen molar-refractivity contribution in [1.82, 2.24) is 10.2 Å². The average Bonchev–Trinajstić information content (AvgIpc) is 3.57. The predicted octanol–water partition coefficient (Wildman–Crippen LogP) is 3.97. The normalized spacial score (nSPS) is 26.9. The van der Waals surface area contributed by atoms with Gasteiger partial charge in [0.25, 0.3) is 0 Å². The molecule has 1 aliphatic heterocycles. The van der Waals surface area contributed by atoms with Crippen LogP contribution in [0, 0.1) is 5.41 Å². The maximum atomic E-state index is 3.89. The third-order valence-corrected chi connectivity index (χ3v) is 6.48. The number of fused-ring (bicyclic) bond motifs is 1. The molecule has 0 saturated heterocycles. The van der Waals surface area contributed by atoms with Gasteiger partial charge in [-0.2, -0.15) is 0 Å². The largest absolute Gasteiger partial charge is 0.313 e. The molecule has 1 unspecified atom stereocenters. The van der Waals surface area contributed by atoms with Crippen LogP contribution < -0.4 is 5.32 Å². The lowest BCUT2D eigenvalue weighted by Crippen LogP contribution is -2.39. The van der Waals surface area contributed by atoms with Gasteiger partial charge >= 0.3 is 0 Å². The van der Waals surface area contributed by atoms with Gasteiger partial charge in [0.05, 0.1) is 0 Å². The molecule has 5 rings (SSSR count). The van der Waals surface area contributed by atoms with E-state index in [1.807, 2.05) is 0 Å². The summed E-state index contributed by atoms with van der Waals surface area (Å²) in [5, 5.41) is 3.89. The van der Waals surface area contributed by atoms with E-state index in [9.17, 15) is 0 Å². The number of hydrogen-bond donors (Lipinski definition) is 1. The maximum absolute atomic E-state index is 3.89. The minimum atomic E-state index is 0.552. The van der Waals surface area contributed by atoms with Crippen LogP contribution >= 0.6 is 0 Å². The monoisotopic (exact) mass is 332 g/mol. The molecule has 0 spiro atoms. The average molecular weight is 332 g/mol. The van der Waals surface area contributed by atoms with Crippen LogP contribution in [0.15, 0.2) is 54.6 Å². The van der Waals surface area contributed by atoms with Crippen molar-refractivity contribution < 1.29 is 0 Å². The molecule has 2 aromatic carbocycles. The second-order valence-electron chi connectivity index (χ2n) is 8.47. The topological polar surface area (TPSA) is 15.3 Å². The molecule has 0 bridgehead atoms. The molecule has 25 heavy (non-hydrogen) atoms. The zero-order chi connectivity index (χ0) is 16.7. The molecule has 2 fully saturated rings. The van der Waals surface area contributed by atoms with Gasteiger partial charge in [-0.05, 0) is 47.8 Å². The van der Waals surface area contributed by atoms with Crippen molar-refractivity contribution in [2.24, 2.45) is 5.41 Å².